The monoisotopic (exact) mass is 184 g/mol. The normalized spacial score (nSPS) is 25.2. The summed E-state index contributed by atoms with van der Waals surface area (Å²) in [7, 11) is 0. The van der Waals surface area contributed by atoms with Crippen LogP contribution in [0.5, 0.6) is 0 Å². The molecular weight excluding hydrogens is 172 g/mol. The molecule has 1 aromatic heterocycles. The van der Waals surface area contributed by atoms with Crippen LogP contribution in [0.15, 0.2) is 36.5 Å². The molecule has 2 atom stereocenters. The van der Waals surface area contributed by atoms with E-state index in [0.717, 1.165) is 11.9 Å². The lowest BCUT2D eigenvalue weighted by Crippen LogP contribution is -2.01. The van der Waals surface area contributed by atoms with Gasteiger partial charge in [0.1, 0.15) is 0 Å². The van der Waals surface area contributed by atoms with Gasteiger partial charge in [0, 0.05) is 23.5 Å². The number of rotatable bonds is 1. The molecule has 0 saturated heterocycles. The molecular formula is C12H12N2. The van der Waals surface area contributed by atoms with E-state index in [4.69, 9.17) is 5.73 Å². The average Bonchev–Trinajstić information content (AvgIpc) is 2.95. The van der Waals surface area contributed by atoms with Crippen LogP contribution in [-0.4, -0.2) is 11.0 Å². The van der Waals surface area contributed by atoms with Crippen LogP contribution in [0.1, 0.15) is 17.9 Å². The topological polar surface area (TPSA) is 38.9 Å². The summed E-state index contributed by atoms with van der Waals surface area (Å²) in [6, 6.07) is 10.8. The lowest BCUT2D eigenvalue weighted by Gasteiger charge is -2.00. The van der Waals surface area contributed by atoms with Crippen LogP contribution in [0.4, 0.5) is 0 Å². The zero-order chi connectivity index (χ0) is 9.54. The Morgan fingerprint density at radius 2 is 2.07 bits per heavy atom. The molecule has 0 amide bonds. The van der Waals surface area contributed by atoms with Crippen molar-refractivity contribution in [2.45, 2.75) is 18.4 Å². The first kappa shape index (κ1) is 7.94. The van der Waals surface area contributed by atoms with Gasteiger partial charge in [-0.25, -0.2) is 0 Å². The molecule has 0 aliphatic heterocycles. The van der Waals surface area contributed by atoms with Crippen LogP contribution in [0.3, 0.4) is 0 Å². The lowest BCUT2D eigenvalue weighted by molar-refractivity contribution is 0.985. The molecule has 1 aliphatic rings. The molecule has 1 fully saturated rings. The van der Waals surface area contributed by atoms with Gasteiger partial charge >= 0.3 is 0 Å². The minimum atomic E-state index is 0.359. The minimum absolute atomic E-state index is 0.359. The molecule has 1 aliphatic carbocycles. The van der Waals surface area contributed by atoms with Crippen molar-refractivity contribution in [1.29, 1.82) is 0 Å². The van der Waals surface area contributed by atoms with Gasteiger partial charge in [0.15, 0.2) is 0 Å². The Balaban J connectivity index is 2.11. The molecule has 3 rings (SSSR count). The van der Waals surface area contributed by atoms with E-state index < -0.39 is 0 Å². The molecule has 0 radical (unpaired) electrons. The predicted octanol–water partition coefficient (Wildman–Crippen LogP) is 2.05. The largest absolute Gasteiger partial charge is 0.327 e. The van der Waals surface area contributed by atoms with Gasteiger partial charge in [0.2, 0.25) is 0 Å². The summed E-state index contributed by atoms with van der Waals surface area (Å²) in [6.07, 6.45) is 3.07. The Hall–Kier alpha value is -1.41. The first-order valence-corrected chi connectivity index (χ1v) is 4.95. The van der Waals surface area contributed by atoms with E-state index in [2.05, 4.69) is 17.1 Å². The van der Waals surface area contributed by atoms with Gasteiger partial charge in [0.05, 0.1) is 5.52 Å². The third-order valence-corrected chi connectivity index (χ3v) is 2.88. The summed E-state index contributed by atoms with van der Waals surface area (Å²) in [5, 5.41) is 1.21. The van der Waals surface area contributed by atoms with Crippen LogP contribution in [0.2, 0.25) is 0 Å². The highest BCUT2D eigenvalue weighted by Gasteiger charge is 2.34. The van der Waals surface area contributed by atoms with Crippen LogP contribution < -0.4 is 5.73 Å². The van der Waals surface area contributed by atoms with E-state index in [1.807, 2.05) is 24.4 Å². The fourth-order valence-corrected chi connectivity index (χ4v) is 1.89. The first-order chi connectivity index (χ1) is 6.84. The highest BCUT2D eigenvalue weighted by Crippen LogP contribution is 2.39. The SMILES string of the molecule is N[C@@H]1C[C@H]1c1cnc2ccccc2c1. The van der Waals surface area contributed by atoms with Crippen molar-refractivity contribution in [2.24, 2.45) is 5.73 Å². The van der Waals surface area contributed by atoms with E-state index in [9.17, 15) is 0 Å². The maximum atomic E-state index is 5.81. The summed E-state index contributed by atoms with van der Waals surface area (Å²) in [6.45, 7) is 0. The van der Waals surface area contributed by atoms with Crippen LogP contribution in [0.25, 0.3) is 10.9 Å². The molecule has 2 nitrogen and oxygen atoms in total. The number of aromatic nitrogens is 1. The second-order valence-corrected chi connectivity index (χ2v) is 3.97. The van der Waals surface area contributed by atoms with Crippen molar-refractivity contribution in [3.63, 3.8) is 0 Å². The molecule has 14 heavy (non-hydrogen) atoms. The molecule has 0 bridgehead atoms. The highest BCUT2D eigenvalue weighted by atomic mass is 14.8. The number of nitrogens with two attached hydrogens (primary N) is 1. The van der Waals surface area contributed by atoms with Crippen molar-refractivity contribution >= 4 is 10.9 Å². The van der Waals surface area contributed by atoms with Gasteiger partial charge in [-0.1, -0.05) is 18.2 Å². The Morgan fingerprint density at radius 3 is 2.86 bits per heavy atom. The second-order valence-electron chi connectivity index (χ2n) is 3.97. The molecule has 0 spiro atoms. The quantitative estimate of drug-likeness (QED) is 0.736. The highest BCUT2D eigenvalue weighted by molar-refractivity contribution is 5.79. The summed E-state index contributed by atoms with van der Waals surface area (Å²) in [4.78, 5) is 4.42. The van der Waals surface area contributed by atoms with Gasteiger partial charge in [-0.2, -0.15) is 0 Å². The fraction of sp³-hybridized carbons (Fsp3) is 0.250. The van der Waals surface area contributed by atoms with Crippen molar-refractivity contribution in [1.82, 2.24) is 4.98 Å². The molecule has 1 saturated carbocycles. The number of pyridine rings is 1. The Labute approximate surface area is 82.8 Å². The number of fused-ring (bicyclic) bond motifs is 1. The third kappa shape index (κ3) is 1.19. The number of para-hydroxylation sites is 1. The standard InChI is InChI=1S/C12H12N2/c13-11-6-10(11)9-5-8-3-1-2-4-12(8)14-7-9/h1-5,7,10-11H,6,13H2/t10-,11+/m0/s1. The molecule has 1 aromatic carbocycles. The second kappa shape index (κ2) is 2.79. The molecule has 2 aromatic rings. The summed E-state index contributed by atoms with van der Waals surface area (Å²) >= 11 is 0. The number of hydrogen-bond donors (Lipinski definition) is 1. The Kier molecular flexibility index (Phi) is 1.58. The Morgan fingerprint density at radius 1 is 1.29 bits per heavy atom. The zero-order valence-corrected chi connectivity index (χ0v) is 7.85. The average molecular weight is 184 g/mol. The van der Waals surface area contributed by atoms with E-state index in [0.29, 0.717) is 12.0 Å². The molecule has 1 heterocycles. The van der Waals surface area contributed by atoms with Gasteiger partial charge in [-0.15, -0.1) is 0 Å². The lowest BCUT2D eigenvalue weighted by atomic mass is 10.1. The summed E-state index contributed by atoms with van der Waals surface area (Å²) < 4.78 is 0. The van der Waals surface area contributed by atoms with Crippen molar-refractivity contribution in [2.75, 3.05) is 0 Å². The number of nitrogens with zero attached hydrogens (tertiary/aromatic N) is 1. The van der Waals surface area contributed by atoms with E-state index in [-0.39, 0.29) is 0 Å². The van der Waals surface area contributed by atoms with Gasteiger partial charge in [-0.05, 0) is 24.1 Å². The number of benzene rings is 1. The predicted molar refractivity (Wildman–Crippen MR) is 57.1 cm³/mol. The van der Waals surface area contributed by atoms with E-state index >= 15 is 0 Å². The van der Waals surface area contributed by atoms with Gasteiger partial charge in [0.25, 0.3) is 0 Å². The van der Waals surface area contributed by atoms with Gasteiger partial charge < -0.3 is 5.73 Å². The molecule has 70 valence electrons. The molecule has 0 unspecified atom stereocenters. The smallest absolute Gasteiger partial charge is 0.0702 e. The van der Waals surface area contributed by atoms with E-state index in [1.165, 1.54) is 10.9 Å². The summed E-state index contributed by atoms with van der Waals surface area (Å²) in [5.41, 5.74) is 8.16. The van der Waals surface area contributed by atoms with Crippen molar-refractivity contribution in [3.05, 3.63) is 42.1 Å². The maximum absolute atomic E-state index is 5.81. The van der Waals surface area contributed by atoms with E-state index in [1.54, 1.807) is 0 Å². The number of hydrogen-bond acceptors (Lipinski definition) is 2. The first-order valence-electron chi connectivity index (χ1n) is 4.95. The summed E-state index contributed by atoms with van der Waals surface area (Å²) in [5.74, 6) is 0.548. The Bertz CT molecular complexity index is 478. The van der Waals surface area contributed by atoms with Crippen LogP contribution in [0, 0.1) is 0 Å². The van der Waals surface area contributed by atoms with Crippen LogP contribution in [-0.2, 0) is 0 Å². The zero-order valence-electron chi connectivity index (χ0n) is 7.85. The fourth-order valence-electron chi connectivity index (χ4n) is 1.89. The minimum Gasteiger partial charge on any atom is -0.327 e. The van der Waals surface area contributed by atoms with Crippen molar-refractivity contribution < 1.29 is 0 Å². The maximum Gasteiger partial charge on any atom is 0.0702 e. The third-order valence-electron chi connectivity index (χ3n) is 2.88. The molecule has 2 N–H and O–H groups in total. The van der Waals surface area contributed by atoms with Gasteiger partial charge in [-0.3, -0.25) is 4.98 Å². The molecule has 2 heteroatoms. The van der Waals surface area contributed by atoms with Crippen molar-refractivity contribution in [3.8, 4) is 0 Å². The van der Waals surface area contributed by atoms with Crippen LogP contribution >= 0.6 is 0 Å².